The summed E-state index contributed by atoms with van der Waals surface area (Å²) in [6.45, 7) is 1.95. The summed E-state index contributed by atoms with van der Waals surface area (Å²) < 4.78 is 1.87. The summed E-state index contributed by atoms with van der Waals surface area (Å²) in [5.41, 5.74) is 2.34. The van der Waals surface area contributed by atoms with Gasteiger partial charge in [-0.05, 0) is 48.2 Å². The van der Waals surface area contributed by atoms with Crippen LogP contribution in [0, 0.1) is 12.3 Å². The number of piperidine rings is 1. The Morgan fingerprint density at radius 1 is 1.20 bits per heavy atom. The van der Waals surface area contributed by atoms with E-state index < -0.39 is 0 Å². The van der Waals surface area contributed by atoms with E-state index in [9.17, 15) is 0 Å². The van der Waals surface area contributed by atoms with E-state index in [1.807, 2.05) is 16.6 Å². The maximum Gasteiger partial charge on any atom is 0.0242 e. The highest BCUT2D eigenvalue weighted by Gasteiger charge is 2.18. The Morgan fingerprint density at radius 2 is 1.80 bits per heavy atom. The third-order valence-electron chi connectivity index (χ3n) is 2.99. The molecule has 0 aromatic heterocycles. The van der Waals surface area contributed by atoms with Gasteiger partial charge in [0.2, 0.25) is 0 Å². The van der Waals surface area contributed by atoms with Crippen molar-refractivity contribution in [2.75, 3.05) is 13.1 Å². The second-order valence-corrected chi connectivity index (χ2v) is 4.43. The minimum Gasteiger partial charge on any atom is -0.220 e. The van der Waals surface area contributed by atoms with E-state index in [4.69, 9.17) is 18.2 Å². The molecule has 0 N–H and O–H groups in total. The van der Waals surface area contributed by atoms with E-state index in [0.29, 0.717) is 5.92 Å². The van der Waals surface area contributed by atoms with Crippen LogP contribution >= 0.6 is 11.8 Å². The van der Waals surface area contributed by atoms with Gasteiger partial charge in [-0.25, -0.2) is 4.42 Å². The molecule has 2 rings (SSSR count). The number of hydrogen-bond acceptors (Lipinski definition) is 1. The standard InChI is InChI=1S/C13H14ClN/c1-2-11-3-5-12(6-4-11)13-7-9-15(14)10-8-13/h1,3-6,13H,7-10H2. The first-order valence-electron chi connectivity index (χ1n) is 5.27. The smallest absolute Gasteiger partial charge is 0.0242 e. The fraction of sp³-hybridized carbons (Fsp3) is 0.385. The lowest BCUT2D eigenvalue weighted by Crippen LogP contribution is -2.25. The van der Waals surface area contributed by atoms with E-state index in [-0.39, 0.29) is 0 Å². The van der Waals surface area contributed by atoms with Crippen molar-refractivity contribution in [2.24, 2.45) is 0 Å². The van der Waals surface area contributed by atoms with Crippen molar-refractivity contribution in [3.63, 3.8) is 0 Å². The Bertz CT molecular complexity index is 355. The summed E-state index contributed by atoms with van der Waals surface area (Å²) >= 11 is 5.92. The van der Waals surface area contributed by atoms with Crippen LogP contribution in [0.1, 0.15) is 29.9 Å². The van der Waals surface area contributed by atoms with E-state index in [1.165, 1.54) is 5.56 Å². The molecule has 0 saturated carbocycles. The molecule has 1 nitrogen and oxygen atoms in total. The zero-order chi connectivity index (χ0) is 10.7. The van der Waals surface area contributed by atoms with Crippen LogP contribution in [0.3, 0.4) is 0 Å². The van der Waals surface area contributed by atoms with Gasteiger partial charge in [0.05, 0.1) is 0 Å². The van der Waals surface area contributed by atoms with Gasteiger partial charge in [0.1, 0.15) is 0 Å². The minimum atomic E-state index is 0.645. The largest absolute Gasteiger partial charge is 0.220 e. The van der Waals surface area contributed by atoms with Gasteiger partial charge in [0.25, 0.3) is 0 Å². The number of hydrogen-bond donors (Lipinski definition) is 0. The van der Waals surface area contributed by atoms with Gasteiger partial charge in [-0.15, -0.1) is 6.42 Å². The van der Waals surface area contributed by atoms with Gasteiger partial charge in [-0.1, -0.05) is 18.1 Å². The first-order chi connectivity index (χ1) is 7.29. The van der Waals surface area contributed by atoms with E-state index in [2.05, 4.69) is 18.1 Å². The van der Waals surface area contributed by atoms with Crippen molar-refractivity contribution in [1.82, 2.24) is 4.42 Å². The first-order valence-corrected chi connectivity index (χ1v) is 5.60. The molecule has 1 fully saturated rings. The molecular weight excluding hydrogens is 206 g/mol. The molecule has 0 atom stereocenters. The summed E-state index contributed by atoms with van der Waals surface area (Å²) in [4.78, 5) is 0. The fourth-order valence-electron chi connectivity index (χ4n) is 2.03. The van der Waals surface area contributed by atoms with Crippen LogP contribution in [0.15, 0.2) is 24.3 Å². The SMILES string of the molecule is C#Cc1ccc(C2CCN(Cl)CC2)cc1. The van der Waals surface area contributed by atoms with Crippen molar-refractivity contribution in [3.05, 3.63) is 35.4 Å². The summed E-state index contributed by atoms with van der Waals surface area (Å²) in [5.74, 6) is 3.28. The van der Waals surface area contributed by atoms with Crippen molar-refractivity contribution in [2.45, 2.75) is 18.8 Å². The number of nitrogens with zero attached hydrogens (tertiary/aromatic N) is 1. The maximum absolute atomic E-state index is 5.92. The molecular formula is C13H14ClN. The average Bonchev–Trinajstić information content (AvgIpc) is 2.30. The Balaban J connectivity index is 2.07. The Hall–Kier alpha value is -0.970. The molecule has 0 unspecified atom stereocenters. The topological polar surface area (TPSA) is 3.24 Å². The third kappa shape index (κ3) is 2.53. The molecule has 1 aromatic carbocycles. The maximum atomic E-state index is 5.92. The molecule has 78 valence electrons. The first kappa shape index (κ1) is 10.5. The van der Waals surface area contributed by atoms with Crippen LogP contribution < -0.4 is 0 Å². The molecule has 1 heterocycles. The lowest BCUT2D eigenvalue weighted by Gasteiger charge is -2.27. The van der Waals surface area contributed by atoms with E-state index in [0.717, 1.165) is 31.5 Å². The molecule has 1 aromatic rings. The normalized spacial score (nSPS) is 18.7. The second-order valence-electron chi connectivity index (χ2n) is 3.95. The molecule has 0 bridgehead atoms. The molecule has 0 radical (unpaired) electrons. The van der Waals surface area contributed by atoms with Crippen LogP contribution in [0.2, 0.25) is 0 Å². The Kier molecular flexibility index (Phi) is 3.30. The van der Waals surface area contributed by atoms with Gasteiger partial charge in [-0.3, -0.25) is 0 Å². The highest BCUT2D eigenvalue weighted by Crippen LogP contribution is 2.28. The Labute approximate surface area is 96.2 Å². The molecule has 1 aliphatic heterocycles. The minimum absolute atomic E-state index is 0.645. The summed E-state index contributed by atoms with van der Waals surface area (Å²) in [6.07, 6.45) is 7.60. The number of rotatable bonds is 1. The molecule has 0 spiro atoms. The van der Waals surface area contributed by atoms with Crippen molar-refractivity contribution >= 4 is 11.8 Å². The van der Waals surface area contributed by atoms with Gasteiger partial charge in [-0.2, -0.15) is 0 Å². The predicted molar refractivity (Wildman–Crippen MR) is 63.8 cm³/mol. The second kappa shape index (κ2) is 4.70. The lowest BCUT2D eigenvalue weighted by atomic mass is 9.90. The summed E-state index contributed by atoms with van der Waals surface area (Å²) in [6, 6.07) is 8.32. The number of terminal acetylenes is 1. The summed E-state index contributed by atoms with van der Waals surface area (Å²) in [5, 5.41) is 0. The zero-order valence-electron chi connectivity index (χ0n) is 8.62. The average molecular weight is 220 g/mol. The van der Waals surface area contributed by atoms with Crippen molar-refractivity contribution in [3.8, 4) is 12.3 Å². The van der Waals surface area contributed by atoms with E-state index in [1.54, 1.807) is 0 Å². The molecule has 0 amide bonds. The van der Waals surface area contributed by atoms with Gasteiger partial charge in [0.15, 0.2) is 0 Å². The monoisotopic (exact) mass is 219 g/mol. The quantitative estimate of drug-likeness (QED) is 0.519. The molecule has 2 heteroatoms. The van der Waals surface area contributed by atoms with Crippen LogP contribution in [-0.2, 0) is 0 Å². The predicted octanol–water partition coefficient (Wildman–Crippen LogP) is 3.00. The third-order valence-corrected chi connectivity index (χ3v) is 3.33. The molecule has 15 heavy (non-hydrogen) atoms. The van der Waals surface area contributed by atoms with Crippen molar-refractivity contribution in [1.29, 1.82) is 0 Å². The Morgan fingerprint density at radius 3 is 2.33 bits per heavy atom. The van der Waals surface area contributed by atoms with E-state index >= 15 is 0 Å². The van der Waals surface area contributed by atoms with Crippen LogP contribution in [0.5, 0.6) is 0 Å². The van der Waals surface area contributed by atoms with Gasteiger partial charge < -0.3 is 0 Å². The zero-order valence-corrected chi connectivity index (χ0v) is 9.37. The highest BCUT2D eigenvalue weighted by molar-refractivity contribution is 6.13. The van der Waals surface area contributed by atoms with Gasteiger partial charge >= 0.3 is 0 Å². The molecule has 1 aliphatic rings. The summed E-state index contributed by atoms with van der Waals surface area (Å²) in [7, 11) is 0. The van der Waals surface area contributed by atoms with Gasteiger partial charge in [0, 0.05) is 18.7 Å². The van der Waals surface area contributed by atoms with Crippen LogP contribution in [0.25, 0.3) is 0 Å². The highest BCUT2D eigenvalue weighted by atomic mass is 35.5. The lowest BCUT2D eigenvalue weighted by molar-refractivity contribution is 0.336. The van der Waals surface area contributed by atoms with Crippen molar-refractivity contribution < 1.29 is 0 Å². The number of halogens is 1. The molecule has 0 aliphatic carbocycles. The van der Waals surface area contributed by atoms with Crippen LogP contribution in [-0.4, -0.2) is 17.5 Å². The molecule has 1 saturated heterocycles. The number of benzene rings is 1. The van der Waals surface area contributed by atoms with Crippen LogP contribution in [0.4, 0.5) is 0 Å². The fourth-order valence-corrected chi connectivity index (χ4v) is 2.23.